The van der Waals surface area contributed by atoms with Crippen molar-refractivity contribution in [2.45, 2.75) is 38.7 Å². The van der Waals surface area contributed by atoms with Crippen LogP contribution in [0.2, 0.25) is 0 Å². The summed E-state index contributed by atoms with van der Waals surface area (Å²) in [6.07, 6.45) is 9.81. The predicted octanol–water partition coefficient (Wildman–Crippen LogP) is 2.98. The molecule has 1 heterocycles. The van der Waals surface area contributed by atoms with Crippen LogP contribution < -0.4 is 4.74 Å². The van der Waals surface area contributed by atoms with E-state index >= 15 is 0 Å². The van der Waals surface area contributed by atoms with Gasteiger partial charge in [0.25, 0.3) is 0 Å². The lowest BCUT2D eigenvalue weighted by Gasteiger charge is -2.11. The first-order valence-corrected chi connectivity index (χ1v) is 6.75. The molecule has 0 aliphatic heterocycles. The van der Waals surface area contributed by atoms with Gasteiger partial charge in [0, 0.05) is 18.3 Å². The van der Waals surface area contributed by atoms with Gasteiger partial charge >= 0.3 is 5.97 Å². The molecule has 1 fully saturated rings. The number of carbonyl (C=O) groups is 1. The summed E-state index contributed by atoms with van der Waals surface area (Å²) in [5, 5.41) is 0. The number of nitrogens with zero attached hydrogens (tertiary/aromatic N) is 1. The number of pyridine rings is 1. The molecule has 0 spiro atoms. The molecule has 2 rings (SSSR count). The van der Waals surface area contributed by atoms with Crippen molar-refractivity contribution in [3.8, 4) is 5.88 Å². The molecule has 0 unspecified atom stereocenters. The topological polar surface area (TPSA) is 48.4 Å². The summed E-state index contributed by atoms with van der Waals surface area (Å²) in [6, 6.07) is 3.72. The number of hydrogen-bond donors (Lipinski definition) is 0. The van der Waals surface area contributed by atoms with Crippen LogP contribution in [0.4, 0.5) is 0 Å². The second kappa shape index (κ2) is 6.92. The highest BCUT2D eigenvalue weighted by Gasteiger charge is 2.16. The van der Waals surface area contributed by atoms with Gasteiger partial charge in [-0.15, -0.1) is 0 Å². The van der Waals surface area contributed by atoms with Crippen LogP contribution in [-0.2, 0) is 9.53 Å². The van der Waals surface area contributed by atoms with Crippen LogP contribution in [-0.4, -0.2) is 23.7 Å². The van der Waals surface area contributed by atoms with E-state index < -0.39 is 0 Å². The quantitative estimate of drug-likeness (QED) is 0.604. The van der Waals surface area contributed by atoms with E-state index in [0.29, 0.717) is 18.6 Å². The molecule has 4 heteroatoms. The van der Waals surface area contributed by atoms with Crippen LogP contribution in [0, 0.1) is 0 Å². The number of aromatic nitrogens is 1. The maximum atomic E-state index is 11.2. The molecule has 0 atom stereocenters. The lowest BCUT2D eigenvalue weighted by molar-refractivity contribution is -0.137. The van der Waals surface area contributed by atoms with E-state index in [0.717, 1.165) is 18.4 Å². The third-order valence-corrected chi connectivity index (χ3v) is 3.05. The molecule has 19 heavy (non-hydrogen) atoms. The summed E-state index contributed by atoms with van der Waals surface area (Å²) < 4.78 is 10.6. The molecule has 0 radical (unpaired) electrons. The van der Waals surface area contributed by atoms with Gasteiger partial charge in [-0.3, -0.25) is 0 Å². The van der Waals surface area contributed by atoms with Crippen molar-refractivity contribution in [1.82, 2.24) is 4.98 Å². The number of ether oxygens (including phenoxy) is 2. The third kappa shape index (κ3) is 4.39. The lowest BCUT2D eigenvalue weighted by Crippen LogP contribution is -2.11. The van der Waals surface area contributed by atoms with Gasteiger partial charge in [-0.05, 0) is 50.3 Å². The predicted molar refractivity (Wildman–Crippen MR) is 72.8 cm³/mol. The second-order valence-corrected chi connectivity index (χ2v) is 4.54. The molecule has 0 bridgehead atoms. The third-order valence-electron chi connectivity index (χ3n) is 3.05. The van der Waals surface area contributed by atoms with E-state index in [4.69, 9.17) is 9.47 Å². The number of carbonyl (C=O) groups excluding carboxylic acids is 1. The zero-order valence-electron chi connectivity index (χ0n) is 11.2. The van der Waals surface area contributed by atoms with Gasteiger partial charge in [0.15, 0.2) is 0 Å². The van der Waals surface area contributed by atoms with Gasteiger partial charge in [-0.2, -0.15) is 0 Å². The minimum absolute atomic E-state index is 0.313. The van der Waals surface area contributed by atoms with Crippen LogP contribution in [0.25, 0.3) is 6.08 Å². The number of rotatable bonds is 5. The molecule has 0 aromatic carbocycles. The van der Waals surface area contributed by atoms with Gasteiger partial charge in [0.05, 0.1) is 6.61 Å². The second-order valence-electron chi connectivity index (χ2n) is 4.54. The molecule has 0 N–H and O–H groups in total. The van der Waals surface area contributed by atoms with Crippen molar-refractivity contribution in [3.05, 3.63) is 30.0 Å². The Hall–Kier alpha value is -1.84. The molecule has 0 amide bonds. The van der Waals surface area contributed by atoms with Crippen molar-refractivity contribution in [2.75, 3.05) is 6.61 Å². The van der Waals surface area contributed by atoms with Gasteiger partial charge < -0.3 is 9.47 Å². The van der Waals surface area contributed by atoms with Gasteiger partial charge in [-0.1, -0.05) is 0 Å². The van der Waals surface area contributed by atoms with E-state index in [-0.39, 0.29) is 5.97 Å². The SMILES string of the molecule is CCOC(=O)/C=C\c1ccc(OC2CCCC2)nc1. The van der Waals surface area contributed by atoms with Crippen molar-refractivity contribution in [1.29, 1.82) is 0 Å². The fourth-order valence-electron chi connectivity index (χ4n) is 2.09. The summed E-state index contributed by atoms with van der Waals surface area (Å²) in [5.41, 5.74) is 0.854. The minimum atomic E-state index is -0.339. The van der Waals surface area contributed by atoms with Crippen LogP contribution >= 0.6 is 0 Å². The molecule has 1 aromatic rings. The minimum Gasteiger partial charge on any atom is -0.474 e. The molecule has 1 aliphatic rings. The Morgan fingerprint density at radius 1 is 1.42 bits per heavy atom. The van der Waals surface area contributed by atoms with Crippen molar-refractivity contribution >= 4 is 12.0 Å². The highest BCUT2D eigenvalue weighted by Crippen LogP contribution is 2.22. The Labute approximate surface area is 113 Å². The monoisotopic (exact) mass is 261 g/mol. The summed E-state index contributed by atoms with van der Waals surface area (Å²) in [5.74, 6) is 0.314. The van der Waals surface area contributed by atoms with E-state index in [9.17, 15) is 4.79 Å². The standard InChI is InChI=1S/C15H19NO3/c1-2-18-15(17)10-8-12-7-9-14(16-11-12)19-13-5-3-4-6-13/h7-11,13H,2-6H2,1H3/b10-8-. The highest BCUT2D eigenvalue weighted by molar-refractivity contribution is 5.86. The summed E-state index contributed by atoms with van der Waals surface area (Å²) >= 11 is 0. The molecular formula is C15H19NO3. The molecule has 102 valence electrons. The van der Waals surface area contributed by atoms with Crippen LogP contribution in [0.3, 0.4) is 0 Å². The zero-order valence-corrected chi connectivity index (χ0v) is 11.2. The summed E-state index contributed by atoms with van der Waals surface area (Å²) in [4.78, 5) is 15.4. The van der Waals surface area contributed by atoms with Gasteiger partial charge in [-0.25, -0.2) is 9.78 Å². The number of hydrogen-bond acceptors (Lipinski definition) is 4. The van der Waals surface area contributed by atoms with Crippen molar-refractivity contribution in [2.24, 2.45) is 0 Å². The normalized spacial score (nSPS) is 15.8. The molecule has 1 aromatic heterocycles. The largest absolute Gasteiger partial charge is 0.474 e. The molecule has 0 saturated heterocycles. The Balaban J connectivity index is 1.88. The highest BCUT2D eigenvalue weighted by atomic mass is 16.5. The Morgan fingerprint density at radius 3 is 2.84 bits per heavy atom. The van der Waals surface area contributed by atoms with E-state index in [1.54, 1.807) is 19.2 Å². The summed E-state index contributed by atoms with van der Waals surface area (Å²) in [6.45, 7) is 2.16. The zero-order chi connectivity index (χ0) is 13.5. The van der Waals surface area contributed by atoms with Crippen LogP contribution in [0.5, 0.6) is 5.88 Å². The fourth-order valence-corrected chi connectivity index (χ4v) is 2.09. The Bertz CT molecular complexity index is 433. The van der Waals surface area contributed by atoms with Crippen molar-refractivity contribution in [3.63, 3.8) is 0 Å². The van der Waals surface area contributed by atoms with E-state index in [2.05, 4.69) is 4.98 Å². The maximum absolute atomic E-state index is 11.2. The Kier molecular flexibility index (Phi) is 4.95. The molecular weight excluding hydrogens is 242 g/mol. The van der Waals surface area contributed by atoms with Crippen LogP contribution in [0.1, 0.15) is 38.2 Å². The van der Waals surface area contributed by atoms with Gasteiger partial charge in [0.2, 0.25) is 5.88 Å². The lowest BCUT2D eigenvalue weighted by atomic mass is 10.2. The smallest absolute Gasteiger partial charge is 0.330 e. The average Bonchev–Trinajstić information content (AvgIpc) is 2.91. The number of esters is 1. The first-order valence-electron chi connectivity index (χ1n) is 6.75. The van der Waals surface area contributed by atoms with E-state index in [1.165, 1.54) is 18.9 Å². The van der Waals surface area contributed by atoms with E-state index in [1.807, 2.05) is 12.1 Å². The Morgan fingerprint density at radius 2 is 2.21 bits per heavy atom. The van der Waals surface area contributed by atoms with Gasteiger partial charge in [0.1, 0.15) is 6.10 Å². The van der Waals surface area contributed by atoms with Crippen molar-refractivity contribution < 1.29 is 14.3 Å². The first kappa shape index (κ1) is 13.6. The van der Waals surface area contributed by atoms with Crippen LogP contribution in [0.15, 0.2) is 24.4 Å². The first-order chi connectivity index (χ1) is 9.28. The fraction of sp³-hybridized carbons (Fsp3) is 0.467. The molecule has 1 saturated carbocycles. The summed E-state index contributed by atoms with van der Waals surface area (Å²) in [7, 11) is 0. The molecule has 4 nitrogen and oxygen atoms in total. The average molecular weight is 261 g/mol. The molecule has 1 aliphatic carbocycles. The maximum Gasteiger partial charge on any atom is 0.330 e.